The minimum absolute atomic E-state index is 0.0112. The second-order valence-corrected chi connectivity index (χ2v) is 15.4. The third-order valence-electron chi connectivity index (χ3n) is 11.6. The number of aliphatic hydroxyl groups is 2. The normalized spacial score (nSPS) is 23.3. The minimum Gasteiger partial charge on any atom is -0.459 e. The highest BCUT2D eigenvalue weighted by Crippen LogP contribution is 2.62. The van der Waals surface area contributed by atoms with Gasteiger partial charge in [0, 0.05) is 44.2 Å². The summed E-state index contributed by atoms with van der Waals surface area (Å²) in [6, 6.07) is 20.0. The molecular weight excluding hydrogens is 770 g/mol. The van der Waals surface area contributed by atoms with Crippen LogP contribution in [0.1, 0.15) is 81.4 Å². The van der Waals surface area contributed by atoms with Crippen LogP contribution in [-0.4, -0.2) is 77.9 Å². The standard InChI is InChI=1S/C47H58FN3O9/c1-4-26-57-47-42(51(46(55)56-5-2)31-33-18-20-35(48)21-19-33)29-40(50-58-6-3)38-27-34(16-10-12-24-52)37(17-11-13-25-53)43(44(38)47)39-28-36(22-23-41(39)60-47)59-45(54)49-30-32-14-8-7-9-15-32/h4,7-9,14-15,18-23,27-28,34,37,42-44,52-53H,1,5-6,10-13,16-17,24-26,29-31H2,2-3H3,(H,49,54). The van der Waals surface area contributed by atoms with Crippen LogP contribution in [0.5, 0.6) is 11.5 Å². The average Bonchev–Trinajstić information content (AvgIpc) is 3.26. The molecule has 0 spiro atoms. The van der Waals surface area contributed by atoms with E-state index in [4.69, 9.17) is 28.9 Å². The first-order valence-corrected chi connectivity index (χ1v) is 21.1. The van der Waals surface area contributed by atoms with Crippen LogP contribution in [0.4, 0.5) is 14.0 Å². The Kier molecular flexibility index (Phi) is 15.8. The first kappa shape index (κ1) is 44.3. The summed E-state index contributed by atoms with van der Waals surface area (Å²) in [6.45, 7) is 8.51. The summed E-state index contributed by atoms with van der Waals surface area (Å²) in [5.74, 6) is -2.06. The number of amides is 2. The van der Waals surface area contributed by atoms with E-state index in [0.29, 0.717) is 42.2 Å². The Hall–Kier alpha value is -5.24. The molecule has 12 nitrogen and oxygen atoms in total. The van der Waals surface area contributed by atoms with Crippen molar-refractivity contribution in [1.82, 2.24) is 10.2 Å². The van der Waals surface area contributed by atoms with Gasteiger partial charge in [-0.25, -0.2) is 14.0 Å². The second kappa shape index (κ2) is 21.3. The van der Waals surface area contributed by atoms with Crippen molar-refractivity contribution in [1.29, 1.82) is 0 Å². The van der Waals surface area contributed by atoms with Gasteiger partial charge in [0.2, 0.25) is 5.79 Å². The van der Waals surface area contributed by atoms with Crippen molar-refractivity contribution in [2.75, 3.05) is 33.0 Å². The lowest BCUT2D eigenvalue weighted by Gasteiger charge is -2.59. The molecule has 1 fully saturated rings. The Morgan fingerprint density at radius 1 is 0.983 bits per heavy atom. The molecule has 0 saturated heterocycles. The molecule has 322 valence electrons. The van der Waals surface area contributed by atoms with Crippen LogP contribution in [0.3, 0.4) is 0 Å². The Morgan fingerprint density at radius 3 is 2.43 bits per heavy atom. The number of benzene rings is 3. The van der Waals surface area contributed by atoms with Gasteiger partial charge < -0.3 is 39.3 Å². The molecule has 1 aliphatic heterocycles. The molecule has 2 amide bonds. The highest BCUT2D eigenvalue weighted by molar-refractivity contribution is 6.03. The van der Waals surface area contributed by atoms with Gasteiger partial charge in [-0.05, 0) is 98.4 Å². The number of nitrogens with one attached hydrogen (secondary N) is 1. The third-order valence-corrected chi connectivity index (χ3v) is 11.6. The van der Waals surface area contributed by atoms with E-state index in [1.807, 2.05) is 43.3 Å². The average molecular weight is 828 g/mol. The van der Waals surface area contributed by atoms with Gasteiger partial charge in [0.25, 0.3) is 0 Å². The van der Waals surface area contributed by atoms with Gasteiger partial charge in [-0.1, -0.05) is 72.6 Å². The number of nitrogens with zero attached hydrogens (tertiary/aromatic N) is 2. The fraction of sp³-hybridized carbons (Fsp3) is 0.468. The Balaban J connectivity index is 1.54. The van der Waals surface area contributed by atoms with Crippen molar-refractivity contribution in [3.8, 4) is 11.5 Å². The van der Waals surface area contributed by atoms with Gasteiger partial charge in [-0.3, -0.25) is 4.90 Å². The van der Waals surface area contributed by atoms with Crippen molar-refractivity contribution >= 4 is 17.9 Å². The Labute approximate surface area is 352 Å². The van der Waals surface area contributed by atoms with Crippen molar-refractivity contribution in [2.24, 2.45) is 22.9 Å². The van der Waals surface area contributed by atoms with E-state index in [9.17, 15) is 24.2 Å². The number of allylic oxidation sites excluding steroid dienone is 1. The maximum atomic E-state index is 14.3. The molecule has 13 heteroatoms. The van der Waals surface area contributed by atoms with Crippen molar-refractivity contribution in [2.45, 2.75) is 89.6 Å². The Bertz CT molecular complexity index is 1960. The van der Waals surface area contributed by atoms with E-state index in [2.05, 4.69) is 18.0 Å². The Morgan fingerprint density at radius 2 is 1.73 bits per heavy atom. The fourth-order valence-electron chi connectivity index (χ4n) is 9.06. The quantitative estimate of drug-likeness (QED) is 0.0580. The lowest BCUT2D eigenvalue weighted by Crippen LogP contribution is -2.70. The van der Waals surface area contributed by atoms with E-state index in [-0.39, 0.29) is 63.7 Å². The molecule has 1 saturated carbocycles. The van der Waals surface area contributed by atoms with Gasteiger partial charge in [-0.15, -0.1) is 6.58 Å². The predicted molar refractivity (Wildman–Crippen MR) is 225 cm³/mol. The van der Waals surface area contributed by atoms with Crippen LogP contribution in [0.15, 0.2) is 102 Å². The number of carbonyl (C=O) groups excluding carboxylic acids is 2. The topological polar surface area (TPSA) is 148 Å². The van der Waals surface area contributed by atoms with Crippen LogP contribution in [0.25, 0.3) is 0 Å². The molecule has 6 atom stereocenters. The molecule has 6 rings (SSSR count). The van der Waals surface area contributed by atoms with Gasteiger partial charge in [0.15, 0.2) is 0 Å². The molecule has 60 heavy (non-hydrogen) atoms. The van der Waals surface area contributed by atoms with Gasteiger partial charge in [-0.2, -0.15) is 0 Å². The zero-order valence-corrected chi connectivity index (χ0v) is 34.6. The molecule has 6 unspecified atom stereocenters. The van der Waals surface area contributed by atoms with Crippen LogP contribution in [0.2, 0.25) is 0 Å². The van der Waals surface area contributed by atoms with E-state index in [1.54, 1.807) is 42.2 Å². The number of oxime groups is 1. The number of carbonyl (C=O) groups is 2. The lowest BCUT2D eigenvalue weighted by atomic mass is 9.55. The monoisotopic (exact) mass is 827 g/mol. The third kappa shape index (κ3) is 10.2. The number of aliphatic hydroxyl groups excluding tert-OH is 2. The highest BCUT2D eigenvalue weighted by Gasteiger charge is 2.65. The maximum absolute atomic E-state index is 14.3. The first-order valence-electron chi connectivity index (χ1n) is 21.1. The summed E-state index contributed by atoms with van der Waals surface area (Å²) in [6.07, 6.45) is 7.11. The van der Waals surface area contributed by atoms with Crippen molar-refractivity contribution < 1.29 is 48.0 Å². The molecule has 3 aliphatic rings. The summed E-state index contributed by atoms with van der Waals surface area (Å²) in [5.41, 5.74) is 3.89. The zero-order valence-electron chi connectivity index (χ0n) is 34.6. The number of unbranched alkanes of at least 4 members (excludes halogenated alkanes) is 2. The van der Waals surface area contributed by atoms with Gasteiger partial charge >= 0.3 is 12.2 Å². The summed E-state index contributed by atoms with van der Waals surface area (Å²) >= 11 is 0. The number of hydrogen-bond donors (Lipinski definition) is 3. The molecular formula is C47H58FN3O9. The lowest BCUT2D eigenvalue weighted by molar-refractivity contribution is -0.256. The number of ether oxygens (including phenoxy) is 4. The zero-order chi connectivity index (χ0) is 42.5. The molecule has 2 aliphatic carbocycles. The van der Waals surface area contributed by atoms with Crippen LogP contribution < -0.4 is 14.8 Å². The molecule has 3 N–H and O–H groups in total. The number of hydrogen-bond acceptors (Lipinski definition) is 10. The number of halogens is 1. The maximum Gasteiger partial charge on any atom is 0.412 e. The highest BCUT2D eigenvalue weighted by atomic mass is 19.1. The second-order valence-electron chi connectivity index (χ2n) is 15.4. The summed E-state index contributed by atoms with van der Waals surface area (Å²) in [4.78, 5) is 34.8. The summed E-state index contributed by atoms with van der Waals surface area (Å²) in [5, 5.41) is 27.3. The largest absolute Gasteiger partial charge is 0.459 e. The van der Waals surface area contributed by atoms with Gasteiger partial charge in [0.1, 0.15) is 30.0 Å². The van der Waals surface area contributed by atoms with Crippen LogP contribution in [0, 0.1) is 23.6 Å². The molecule has 0 bridgehead atoms. The first-order chi connectivity index (χ1) is 29.3. The van der Waals surface area contributed by atoms with Crippen LogP contribution in [-0.2, 0) is 27.4 Å². The van der Waals surface area contributed by atoms with E-state index < -0.39 is 35.8 Å². The molecule has 1 heterocycles. The van der Waals surface area contributed by atoms with E-state index in [0.717, 1.165) is 42.4 Å². The number of fused-ring (bicyclic) bond motifs is 2. The molecule has 3 aromatic carbocycles. The molecule has 0 radical (unpaired) electrons. The van der Waals surface area contributed by atoms with Gasteiger partial charge in [0.05, 0.1) is 24.8 Å². The van der Waals surface area contributed by atoms with E-state index in [1.165, 1.54) is 12.1 Å². The van der Waals surface area contributed by atoms with E-state index >= 15 is 0 Å². The van der Waals surface area contributed by atoms with Crippen molar-refractivity contribution in [3.05, 3.63) is 120 Å². The summed E-state index contributed by atoms with van der Waals surface area (Å²) in [7, 11) is 0. The molecule has 3 aromatic rings. The molecule has 0 aromatic heterocycles. The predicted octanol–water partition coefficient (Wildman–Crippen LogP) is 8.43. The van der Waals surface area contributed by atoms with Crippen molar-refractivity contribution in [3.63, 3.8) is 0 Å². The summed E-state index contributed by atoms with van der Waals surface area (Å²) < 4.78 is 40.0. The fourth-order valence-corrected chi connectivity index (χ4v) is 9.06. The minimum atomic E-state index is -1.53. The number of rotatable bonds is 20. The smallest absolute Gasteiger partial charge is 0.412 e. The SMILES string of the molecule is C=CCOC12Oc3ccc(OC(=O)NCc4ccccc4)cc3C3C(CCCCO)C(CCCCO)C=C(C(=NOCC)CC1N(Cc1ccc(F)cc1)C(=O)OCC)C32. The van der Waals surface area contributed by atoms with Crippen LogP contribution >= 0.6 is 0 Å².